The van der Waals surface area contributed by atoms with E-state index in [1.165, 1.54) is 0 Å². The average Bonchev–Trinajstić information content (AvgIpc) is 3.18. The standard InChI is InChI=1S/C22H23N5O/c1-15-7-8-20(24-12-15)26-18-9-10-27(14-18)22-19(21(23)28)11-17(13-25-22)16-5-3-2-4-6-16/h2-8,11-13,18H,9-10,14H2,1H3,(H2,23,28)(H,24,26)/t18-/m1/s1. The molecule has 0 radical (unpaired) electrons. The molecule has 3 N–H and O–H groups in total. The van der Waals surface area contributed by atoms with Gasteiger partial charge in [0, 0.05) is 37.1 Å². The number of carbonyl (C=O) groups is 1. The number of carbonyl (C=O) groups excluding carboxylic acids is 1. The summed E-state index contributed by atoms with van der Waals surface area (Å²) in [6, 6.07) is 16.0. The van der Waals surface area contributed by atoms with E-state index in [-0.39, 0.29) is 6.04 Å². The molecule has 1 aliphatic rings. The molecule has 1 saturated heterocycles. The average molecular weight is 373 g/mol. The summed E-state index contributed by atoms with van der Waals surface area (Å²) in [5, 5.41) is 3.46. The van der Waals surface area contributed by atoms with E-state index >= 15 is 0 Å². The summed E-state index contributed by atoms with van der Waals surface area (Å²) in [6.45, 7) is 3.57. The van der Waals surface area contributed by atoms with E-state index < -0.39 is 5.91 Å². The number of anilines is 2. The van der Waals surface area contributed by atoms with Crippen molar-refractivity contribution in [1.29, 1.82) is 0 Å². The van der Waals surface area contributed by atoms with E-state index in [4.69, 9.17) is 5.73 Å². The largest absolute Gasteiger partial charge is 0.365 e. The van der Waals surface area contributed by atoms with Crippen LogP contribution >= 0.6 is 0 Å². The molecule has 0 unspecified atom stereocenters. The van der Waals surface area contributed by atoms with Gasteiger partial charge in [0.25, 0.3) is 5.91 Å². The molecule has 3 heterocycles. The van der Waals surface area contributed by atoms with Crippen molar-refractivity contribution in [2.45, 2.75) is 19.4 Å². The lowest BCUT2D eigenvalue weighted by Crippen LogP contribution is -2.29. The first-order valence-electron chi connectivity index (χ1n) is 9.39. The Morgan fingerprint density at radius 1 is 1.11 bits per heavy atom. The Morgan fingerprint density at radius 2 is 1.93 bits per heavy atom. The van der Waals surface area contributed by atoms with E-state index in [9.17, 15) is 4.79 Å². The molecular formula is C22H23N5O. The lowest BCUT2D eigenvalue weighted by Gasteiger charge is -2.21. The third-order valence-corrected chi connectivity index (χ3v) is 4.99. The number of aryl methyl sites for hydroxylation is 1. The van der Waals surface area contributed by atoms with E-state index in [1.54, 1.807) is 6.20 Å². The highest BCUT2D eigenvalue weighted by atomic mass is 16.1. The van der Waals surface area contributed by atoms with Crippen LogP contribution in [0.3, 0.4) is 0 Å². The number of primary amides is 1. The number of benzene rings is 1. The van der Waals surface area contributed by atoms with Crippen LogP contribution in [0.1, 0.15) is 22.3 Å². The zero-order chi connectivity index (χ0) is 19.5. The molecule has 1 atom stereocenters. The minimum absolute atomic E-state index is 0.242. The number of pyridine rings is 2. The highest BCUT2D eigenvalue weighted by Gasteiger charge is 2.27. The van der Waals surface area contributed by atoms with Gasteiger partial charge in [-0.25, -0.2) is 9.97 Å². The van der Waals surface area contributed by atoms with E-state index in [1.807, 2.05) is 61.7 Å². The van der Waals surface area contributed by atoms with Gasteiger partial charge in [-0.2, -0.15) is 0 Å². The Kier molecular flexibility index (Phi) is 4.93. The number of rotatable bonds is 5. The summed E-state index contributed by atoms with van der Waals surface area (Å²) < 4.78 is 0. The lowest BCUT2D eigenvalue weighted by molar-refractivity contribution is 0.100. The van der Waals surface area contributed by atoms with Crippen LogP contribution < -0.4 is 16.0 Å². The van der Waals surface area contributed by atoms with Crippen LogP contribution in [0.4, 0.5) is 11.6 Å². The van der Waals surface area contributed by atoms with Crippen molar-refractivity contribution in [3.05, 3.63) is 72.1 Å². The third kappa shape index (κ3) is 3.81. The topological polar surface area (TPSA) is 84.1 Å². The maximum absolute atomic E-state index is 12.1. The van der Waals surface area contributed by atoms with Gasteiger partial charge in [0.2, 0.25) is 0 Å². The predicted molar refractivity (Wildman–Crippen MR) is 111 cm³/mol. The van der Waals surface area contributed by atoms with Crippen LogP contribution in [0, 0.1) is 6.92 Å². The molecule has 6 heteroatoms. The minimum Gasteiger partial charge on any atom is -0.365 e. The number of aromatic nitrogens is 2. The molecular weight excluding hydrogens is 350 g/mol. The highest BCUT2D eigenvalue weighted by Crippen LogP contribution is 2.28. The number of hydrogen-bond acceptors (Lipinski definition) is 5. The van der Waals surface area contributed by atoms with Gasteiger partial charge in [0.1, 0.15) is 11.6 Å². The van der Waals surface area contributed by atoms with Crippen LogP contribution in [0.25, 0.3) is 11.1 Å². The van der Waals surface area contributed by atoms with Crippen molar-refractivity contribution in [3.8, 4) is 11.1 Å². The van der Waals surface area contributed by atoms with Gasteiger partial charge in [-0.15, -0.1) is 0 Å². The van der Waals surface area contributed by atoms with Crippen LogP contribution in [-0.2, 0) is 0 Å². The predicted octanol–water partition coefficient (Wildman–Crippen LogP) is 3.24. The number of nitrogens with one attached hydrogen (secondary N) is 1. The van der Waals surface area contributed by atoms with Crippen LogP contribution in [0.2, 0.25) is 0 Å². The molecule has 4 rings (SSSR count). The summed E-state index contributed by atoms with van der Waals surface area (Å²) >= 11 is 0. The first-order valence-corrected chi connectivity index (χ1v) is 9.39. The maximum atomic E-state index is 12.1. The second-order valence-corrected chi connectivity index (χ2v) is 7.12. The number of nitrogens with two attached hydrogens (primary N) is 1. The van der Waals surface area contributed by atoms with Gasteiger partial charge < -0.3 is 16.0 Å². The fourth-order valence-electron chi connectivity index (χ4n) is 3.51. The van der Waals surface area contributed by atoms with Gasteiger partial charge >= 0.3 is 0 Å². The molecule has 1 fully saturated rings. The summed E-state index contributed by atoms with van der Waals surface area (Å²) in [7, 11) is 0. The van der Waals surface area contributed by atoms with Gasteiger partial charge in [-0.3, -0.25) is 4.79 Å². The highest BCUT2D eigenvalue weighted by molar-refractivity contribution is 5.99. The molecule has 1 aromatic carbocycles. The zero-order valence-corrected chi connectivity index (χ0v) is 15.8. The summed E-state index contributed by atoms with van der Waals surface area (Å²) in [5.74, 6) is 1.05. The zero-order valence-electron chi connectivity index (χ0n) is 15.8. The Bertz CT molecular complexity index is 972. The SMILES string of the molecule is Cc1ccc(N[C@@H]2CCN(c3ncc(-c4ccccc4)cc3C(N)=O)C2)nc1. The molecule has 6 nitrogen and oxygen atoms in total. The summed E-state index contributed by atoms with van der Waals surface area (Å²) in [6.07, 6.45) is 4.60. The molecule has 0 bridgehead atoms. The van der Waals surface area contributed by atoms with Crippen molar-refractivity contribution >= 4 is 17.5 Å². The van der Waals surface area contributed by atoms with Crippen molar-refractivity contribution in [1.82, 2.24) is 9.97 Å². The Hall–Kier alpha value is -3.41. The van der Waals surface area contributed by atoms with Crippen molar-refractivity contribution in [2.24, 2.45) is 5.73 Å². The molecule has 1 amide bonds. The molecule has 28 heavy (non-hydrogen) atoms. The van der Waals surface area contributed by atoms with Gasteiger partial charge in [-0.05, 0) is 36.6 Å². The van der Waals surface area contributed by atoms with E-state index in [2.05, 4.69) is 20.2 Å². The number of amides is 1. The molecule has 0 spiro atoms. The van der Waals surface area contributed by atoms with Crippen LogP contribution in [0.15, 0.2) is 60.9 Å². The fraction of sp³-hybridized carbons (Fsp3) is 0.227. The summed E-state index contributed by atoms with van der Waals surface area (Å²) in [5.41, 5.74) is 9.15. The quantitative estimate of drug-likeness (QED) is 0.717. The number of hydrogen-bond donors (Lipinski definition) is 2. The minimum atomic E-state index is -0.461. The van der Waals surface area contributed by atoms with Crippen molar-refractivity contribution < 1.29 is 4.79 Å². The van der Waals surface area contributed by atoms with Gasteiger partial charge in [0.15, 0.2) is 0 Å². The second kappa shape index (κ2) is 7.68. The first kappa shape index (κ1) is 18.0. The molecule has 142 valence electrons. The second-order valence-electron chi connectivity index (χ2n) is 7.12. The van der Waals surface area contributed by atoms with E-state index in [0.717, 1.165) is 42.0 Å². The van der Waals surface area contributed by atoms with E-state index in [0.29, 0.717) is 11.4 Å². The smallest absolute Gasteiger partial charge is 0.252 e. The Balaban J connectivity index is 1.54. The molecule has 1 aliphatic heterocycles. The first-order chi connectivity index (χ1) is 13.6. The molecule has 0 saturated carbocycles. The normalized spacial score (nSPS) is 16.2. The molecule has 2 aromatic heterocycles. The fourth-order valence-corrected chi connectivity index (χ4v) is 3.51. The van der Waals surface area contributed by atoms with Gasteiger partial charge in [-0.1, -0.05) is 36.4 Å². The molecule has 0 aliphatic carbocycles. The lowest BCUT2D eigenvalue weighted by atomic mass is 10.1. The van der Waals surface area contributed by atoms with Crippen molar-refractivity contribution in [2.75, 3.05) is 23.3 Å². The Morgan fingerprint density at radius 3 is 2.64 bits per heavy atom. The van der Waals surface area contributed by atoms with Crippen molar-refractivity contribution in [3.63, 3.8) is 0 Å². The monoisotopic (exact) mass is 373 g/mol. The van der Waals surface area contributed by atoms with Gasteiger partial charge in [0.05, 0.1) is 5.56 Å². The number of nitrogens with zero attached hydrogens (tertiary/aromatic N) is 3. The summed E-state index contributed by atoms with van der Waals surface area (Å²) in [4.78, 5) is 23.2. The maximum Gasteiger partial charge on any atom is 0.252 e. The van der Waals surface area contributed by atoms with Crippen LogP contribution in [0.5, 0.6) is 0 Å². The Labute approximate surface area is 164 Å². The van der Waals surface area contributed by atoms with Crippen LogP contribution in [-0.4, -0.2) is 35.0 Å². The molecule has 3 aromatic rings. The third-order valence-electron chi connectivity index (χ3n) is 4.99.